The summed E-state index contributed by atoms with van der Waals surface area (Å²) in [6, 6.07) is 7.75. The number of aromatic carboxylic acids is 1. The summed E-state index contributed by atoms with van der Waals surface area (Å²) in [6.07, 6.45) is 0. The summed E-state index contributed by atoms with van der Waals surface area (Å²) in [6.45, 7) is 2.44. The first kappa shape index (κ1) is 14.1. The monoisotopic (exact) mass is 290 g/mol. The summed E-state index contributed by atoms with van der Waals surface area (Å²) >= 11 is 1.58. The van der Waals surface area contributed by atoms with E-state index >= 15 is 0 Å². The van der Waals surface area contributed by atoms with Crippen LogP contribution in [-0.4, -0.2) is 17.1 Å². The Morgan fingerprint density at radius 1 is 1.30 bits per heavy atom. The third-order valence-corrected chi connectivity index (χ3v) is 3.77. The average molecular weight is 290 g/mol. The summed E-state index contributed by atoms with van der Waals surface area (Å²) in [7, 11) is 0. The number of hydrogen-bond acceptors (Lipinski definition) is 3. The van der Waals surface area contributed by atoms with Crippen molar-refractivity contribution < 1.29 is 14.7 Å². The van der Waals surface area contributed by atoms with Gasteiger partial charge >= 0.3 is 12.0 Å². The Hall–Kier alpha value is -2.34. The molecule has 1 aromatic carbocycles. The Labute approximate surface area is 120 Å². The zero-order valence-electron chi connectivity index (χ0n) is 10.8. The van der Waals surface area contributed by atoms with Gasteiger partial charge in [-0.15, -0.1) is 11.3 Å². The maximum absolute atomic E-state index is 11.7. The van der Waals surface area contributed by atoms with Crippen molar-refractivity contribution in [3.05, 3.63) is 51.7 Å². The highest BCUT2D eigenvalue weighted by molar-refractivity contribution is 7.10. The van der Waals surface area contributed by atoms with Gasteiger partial charge in [0.05, 0.1) is 12.1 Å². The van der Waals surface area contributed by atoms with Gasteiger partial charge in [-0.25, -0.2) is 9.59 Å². The van der Waals surface area contributed by atoms with Crippen LogP contribution in [0.4, 0.5) is 10.5 Å². The third kappa shape index (κ3) is 3.58. The number of carbonyl (C=O) groups is 2. The number of benzene rings is 1. The molecule has 0 radical (unpaired) electrons. The second-order valence-corrected chi connectivity index (χ2v) is 5.22. The number of carboxylic acid groups (broad SMARTS) is 1. The fraction of sp³-hybridized carbons (Fsp3) is 0.143. The largest absolute Gasteiger partial charge is 0.478 e. The molecule has 104 valence electrons. The van der Waals surface area contributed by atoms with Gasteiger partial charge in [-0.1, -0.05) is 6.07 Å². The second-order valence-electron chi connectivity index (χ2n) is 4.22. The smallest absolute Gasteiger partial charge is 0.335 e. The molecule has 0 unspecified atom stereocenters. The van der Waals surface area contributed by atoms with E-state index in [9.17, 15) is 9.59 Å². The molecule has 0 saturated heterocycles. The molecule has 0 aliphatic heterocycles. The number of urea groups is 1. The minimum atomic E-state index is -1.02. The molecule has 1 heterocycles. The van der Waals surface area contributed by atoms with E-state index in [1.54, 1.807) is 23.5 Å². The fourth-order valence-electron chi connectivity index (χ4n) is 1.65. The summed E-state index contributed by atoms with van der Waals surface area (Å²) < 4.78 is 0. The fourth-order valence-corrected chi connectivity index (χ4v) is 2.50. The number of amides is 2. The van der Waals surface area contributed by atoms with E-state index in [1.807, 2.05) is 18.4 Å². The molecule has 0 aliphatic carbocycles. The molecule has 0 aliphatic rings. The van der Waals surface area contributed by atoms with E-state index in [2.05, 4.69) is 10.6 Å². The summed E-state index contributed by atoms with van der Waals surface area (Å²) in [5.41, 5.74) is 1.73. The Bertz CT molecular complexity index is 637. The van der Waals surface area contributed by atoms with Gasteiger partial charge in [0, 0.05) is 10.6 Å². The number of nitrogens with one attached hydrogen (secondary N) is 2. The van der Waals surface area contributed by atoms with Crippen LogP contribution in [0.3, 0.4) is 0 Å². The van der Waals surface area contributed by atoms with Gasteiger partial charge in [-0.3, -0.25) is 0 Å². The molecule has 0 fully saturated rings. The molecule has 0 bridgehead atoms. The zero-order valence-corrected chi connectivity index (χ0v) is 11.7. The zero-order chi connectivity index (χ0) is 14.5. The molecule has 5 nitrogen and oxygen atoms in total. The van der Waals surface area contributed by atoms with Crippen LogP contribution in [0.25, 0.3) is 0 Å². The van der Waals surface area contributed by atoms with Crippen molar-refractivity contribution in [2.24, 2.45) is 0 Å². The topological polar surface area (TPSA) is 78.4 Å². The van der Waals surface area contributed by atoms with E-state index in [0.717, 1.165) is 10.4 Å². The average Bonchev–Trinajstić information content (AvgIpc) is 2.82. The molecule has 1 aromatic heterocycles. The lowest BCUT2D eigenvalue weighted by molar-refractivity contribution is 0.0697. The van der Waals surface area contributed by atoms with Gasteiger partial charge in [0.25, 0.3) is 0 Å². The SMILES string of the molecule is Cc1ccsc1CNC(=O)Nc1cccc(C(=O)O)c1. The maximum Gasteiger partial charge on any atom is 0.335 e. The highest BCUT2D eigenvalue weighted by Crippen LogP contribution is 2.15. The Kier molecular flexibility index (Phi) is 4.37. The van der Waals surface area contributed by atoms with E-state index in [4.69, 9.17) is 5.11 Å². The van der Waals surface area contributed by atoms with Gasteiger partial charge in [0.2, 0.25) is 0 Å². The summed E-state index contributed by atoms with van der Waals surface area (Å²) in [4.78, 5) is 23.7. The lowest BCUT2D eigenvalue weighted by atomic mass is 10.2. The first-order chi connectivity index (χ1) is 9.56. The molecular weight excluding hydrogens is 276 g/mol. The van der Waals surface area contributed by atoms with Crippen molar-refractivity contribution in [1.29, 1.82) is 0 Å². The molecule has 6 heteroatoms. The molecule has 2 aromatic rings. The number of anilines is 1. The number of thiophene rings is 1. The van der Waals surface area contributed by atoms with Crippen molar-refractivity contribution in [3.8, 4) is 0 Å². The first-order valence-electron chi connectivity index (χ1n) is 5.97. The molecule has 0 saturated carbocycles. The lowest BCUT2D eigenvalue weighted by Crippen LogP contribution is -2.28. The van der Waals surface area contributed by atoms with Crippen LogP contribution < -0.4 is 10.6 Å². The van der Waals surface area contributed by atoms with E-state index in [0.29, 0.717) is 12.2 Å². The molecule has 2 amide bonds. The van der Waals surface area contributed by atoms with Crippen LogP contribution in [0.2, 0.25) is 0 Å². The van der Waals surface area contributed by atoms with Gasteiger partial charge < -0.3 is 15.7 Å². The lowest BCUT2D eigenvalue weighted by Gasteiger charge is -2.08. The molecule has 0 spiro atoms. The molecule has 3 N–H and O–H groups in total. The van der Waals surface area contributed by atoms with Crippen molar-refractivity contribution in [2.45, 2.75) is 13.5 Å². The van der Waals surface area contributed by atoms with Crippen LogP contribution in [0, 0.1) is 6.92 Å². The maximum atomic E-state index is 11.7. The minimum Gasteiger partial charge on any atom is -0.478 e. The Morgan fingerprint density at radius 3 is 2.75 bits per heavy atom. The molecule has 0 atom stereocenters. The predicted molar refractivity (Wildman–Crippen MR) is 78.3 cm³/mol. The van der Waals surface area contributed by atoms with Gasteiger partial charge in [0.1, 0.15) is 0 Å². The van der Waals surface area contributed by atoms with E-state index in [1.165, 1.54) is 12.1 Å². The van der Waals surface area contributed by atoms with Gasteiger partial charge in [-0.2, -0.15) is 0 Å². The standard InChI is InChI=1S/C14H14N2O3S/c1-9-5-6-20-12(9)8-15-14(19)16-11-4-2-3-10(7-11)13(17)18/h2-7H,8H2,1H3,(H,17,18)(H2,15,16,19). The van der Waals surface area contributed by atoms with Crippen molar-refractivity contribution in [2.75, 3.05) is 5.32 Å². The summed E-state index contributed by atoms with van der Waals surface area (Å²) in [5, 5.41) is 16.2. The highest BCUT2D eigenvalue weighted by atomic mass is 32.1. The van der Waals surface area contributed by atoms with Crippen LogP contribution in [-0.2, 0) is 6.54 Å². The number of aryl methyl sites for hydroxylation is 1. The first-order valence-corrected chi connectivity index (χ1v) is 6.85. The number of carbonyl (C=O) groups excluding carboxylic acids is 1. The van der Waals surface area contributed by atoms with Crippen LogP contribution in [0.5, 0.6) is 0 Å². The van der Waals surface area contributed by atoms with E-state index < -0.39 is 5.97 Å². The minimum absolute atomic E-state index is 0.136. The van der Waals surface area contributed by atoms with Crippen molar-refractivity contribution >= 4 is 29.0 Å². The Morgan fingerprint density at radius 2 is 2.10 bits per heavy atom. The molecule has 2 rings (SSSR count). The normalized spacial score (nSPS) is 10.1. The van der Waals surface area contributed by atoms with Crippen LogP contribution in [0.15, 0.2) is 35.7 Å². The van der Waals surface area contributed by atoms with Crippen LogP contribution in [0.1, 0.15) is 20.8 Å². The molecular formula is C14H14N2O3S. The number of carboxylic acids is 1. The predicted octanol–water partition coefficient (Wildman–Crippen LogP) is 3.08. The number of hydrogen-bond donors (Lipinski definition) is 3. The van der Waals surface area contributed by atoms with Gasteiger partial charge in [0.15, 0.2) is 0 Å². The van der Waals surface area contributed by atoms with Gasteiger partial charge in [-0.05, 0) is 42.1 Å². The summed E-state index contributed by atoms with van der Waals surface area (Å²) in [5.74, 6) is -1.02. The highest BCUT2D eigenvalue weighted by Gasteiger charge is 2.07. The quantitative estimate of drug-likeness (QED) is 0.809. The second kappa shape index (κ2) is 6.21. The number of rotatable bonds is 4. The van der Waals surface area contributed by atoms with Crippen molar-refractivity contribution in [1.82, 2.24) is 5.32 Å². The van der Waals surface area contributed by atoms with Crippen LogP contribution >= 0.6 is 11.3 Å². The molecule has 20 heavy (non-hydrogen) atoms. The third-order valence-electron chi connectivity index (χ3n) is 2.75. The van der Waals surface area contributed by atoms with Crippen molar-refractivity contribution in [3.63, 3.8) is 0 Å². The Balaban J connectivity index is 1.93. The van der Waals surface area contributed by atoms with E-state index in [-0.39, 0.29) is 11.6 Å².